The molecule has 5 nitrogen and oxygen atoms in total. The fourth-order valence-corrected chi connectivity index (χ4v) is 3.61. The van der Waals surface area contributed by atoms with Crippen molar-refractivity contribution in [3.05, 3.63) is 90.3 Å². The van der Waals surface area contributed by atoms with Crippen molar-refractivity contribution in [1.82, 2.24) is 4.98 Å². The van der Waals surface area contributed by atoms with E-state index in [4.69, 9.17) is 9.15 Å². The van der Waals surface area contributed by atoms with Gasteiger partial charge < -0.3 is 9.15 Å². The molecule has 0 N–H and O–H groups in total. The second-order valence-electron chi connectivity index (χ2n) is 6.83. The lowest BCUT2D eigenvalue weighted by Crippen LogP contribution is -1.96. The summed E-state index contributed by atoms with van der Waals surface area (Å²) in [6.45, 7) is -0.0565. The van der Waals surface area contributed by atoms with Crippen molar-refractivity contribution in [3.8, 4) is 28.3 Å². The molecule has 4 rings (SSSR count). The van der Waals surface area contributed by atoms with Gasteiger partial charge in [0.2, 0.25) is 5.89 Å². The van der Waals surface area contributed by atoms with Crippen LogP contribution >= 0.6 is 0 Å². The van der Waals surface area contributed by atoms with Crippen molar-refractivity contribution in [3.63, 3.8) is 0 Å². The summed E-state index contributed by atoms with van der Waals surface area (Å²) in [5, 5.41) is 0. The molecular weight excluding hydrogens is 424 g/mol. The average Bonchev–Trinajstić information content (AvgIpc) is 3.17. The van der Waals surface area contributed by atoms with Crippen LogP contribution in [0.1, 0.15) is 5.89 Å². The van der Waals surface area contributed by atoms with E-state index in [-0.39, 0.29) is 23.2 Å². The van der Waals surface area contributed by atoms with E-state index in [1.807, 2.05) is 0 Å². The summed E-state index contributed by atoms with van der Waals surface area (Å²) in [5.74, 6) is 0.111. The van der Waals surface area contributed by atoms with Crippen molar-refractivity contribution in [2.45, 2.75) is 11.5 Å². The number of hydrogen-bond acceptors (Lipinski definition) is 5. The highest BCUT2D eigenvalue weighted by Crippen LogP contribution is 2.33. The maximum atomic E-state index is 13.4. The van der Waals surface area contributed by atoms with E-state index in [0.717, 1.165) is 6.26 Å². The number of aromatic nitrogens is 1. The van der Waals surface area contributed by atoms with Gasteiger partial charge >= 0.3 is 0 Å². The molecule has 0 aliphatic carbocycles. The van der Waals surface area contributed by atoms with E-state index in [1.165, 1.54) is 42.5 Å². The van der Waals surface area contributed by atoms with Gasteiger partial charge in [-0.15, -0.1) is 0 Å². The highest BCUT2D eigenvalue weighted by molar-refractivity contribution is 7.90. The molecule has 4 aromatic rings. The van der Waals surface area contributed by atoms with Gasteiger partial charge in [0, 0.05) is 23.4 Å². The molecule has 3 aromatic carbocycles. The van der Waals surface area contributed by atoms with Gasteiger partial charge in [-0.3, -0.25) is 0 Å². The lowest BCUT2D eigenvalue weighted by molar-refractivity contribution is 0.263. The molecule has 0 fully saturated rings. The molecule has 0 spiro atoms. The van der Waals surface area contributed by atoms with Crippen LogP contribution < -0.4 is 4.74 Å². The molecular formula is C23H17F2NO4S. The molecule has 158 valence electrons. The standard InChI is InChI=1S/C23H17F2NO4S/c1-31(27,28)20-11-7-16(8-12-20)23-22(15-5-9-17(24)10-6-15)26-21(30-23)14-29-19-4-2-3-18(25)13-19/h2-13H,14H2,1H3. The number of sulfone groups is 1. The third kappa shape index (κ3) is 4.80. The van der Waals surface area contributed by atoms with Gasteiger partial charge in [0.15, 0.2) is 22.2 Å². The molecule has 8 heteroatoms. The molecule has 0 unspecified atom stereocenters. The van der Waals surface area contributed by atoms with Crippen LogP contribution in [-0.2, 0) is 16.4 Å². The first-order valence-electron chi connectivity index (χ1n) is 9.24. The van der Waals surface area contributed by atoms with Gasteiger partial charge in [0.25, 0.3) is 0 Å². The lowest BCUT2D eigenvalue weighted by Gasteiger charge is -2.04. The van der Waals surface area contributed by atoms with Crippen molar-refractivity contribution >= 4 is 9.84 Å². The normalized spacial score (nSPS) is 11.5. The highest BCUT2D eigenvalue weighted by Gasteiger charge is 2.18. The monoisotopic (exact) mass is 441 g/mol. The molecule has 0 atom stereocenters. The maximum absolute atomic E-state index is 13.4. The van der Waals surface area contributed by atoms with E-state index in [9.17, 15) is 17.2 Å². The summed E-state index contributed by atoms with van der Waals surface area (Å²) in [5.41, 5.74) is 1.66. The van der Waals surface area contributed by atoms with Crippen molar-refractivity contribution in [1.29, 1.82) is 0 Å². The van der Waals surface area contributed by atoms with Crippen LogP contribution in [0.3, 0.4) is 0 Å². The number of hydrogen-bond donors (Lipinski definition) is 0. The molecule has 0 radical (unpaired) electrons. The molecule has 0 aliphatic rings. The van der Waals surface area contributed by atoms with Crippen LogP contribution in [0.4, 0.5) is 8.78 Å². The Morgan fingerprint density at radius 3 is 2.23 bits per heavy atom. The van der Waals surface area contributed by atoms with Gasteiger partial charge in [0.05, 0.1) is 4.90 Å². The van der Waals surface area contributed by atoms with Crippen molar-refractivity contribution < 1.29 is 26.4 Å². The number of benzene rings is 3. The Morgan fingerprint density at radius 1 is 0.903 bits per heavy atom. The zero-order chi connectivity index (χ0) is 22.0. The second-order valence-corrected chi connectivity index (χ2v) is 8.85. The Labute approximate surface area is 177 Å². The predicted octanol–water partition coefficient (Wildman–Crippen LogP) is 5.27. The third-order valence-electron chi connectivity index (χ3n) is 4.49. The zero-order valence-electron chi connectivity index (χ0n) is 16.4. The summed E-state index contributed by atoms with van der Waals surface area (Å²) in [6, 6.07) is 17.6. The minimum Gasteiger partial charge on any atom is -0.484 e. The average molecular weight is 441 g/mol. The third-order valence-corrected chi connectivity index (χ3v) is 5.62. The molecule has 0 amide bonds. The Hall–Kier alpha value is -3.52. The molecule has 0 saturated heterocycles. The first-order chi connectivity index (χ1) is 14.8. The van der Waals surface area contributed by atoms with Crippen LogP contribution in [0.25, 0.3) is 22.6 Å². The number of oxazole rings is 1. The van der Waals surface area contributed by atoms with Gasteiger partial charge in [-0.1, -0.05) is 6.07 Å². The second kappa shape index (κ2) is 8.31. The van der Waals surface area contributed by atoms with E-state index >= 15 is 0 Å². The smallest absolute Gasteiger partial charge is 0.233 e. The first kappa shape index (κ1) is 20.7. The fourth-order valence-electron chi connectivity index (χ4n) is 2.98. The first-order valence-corrected chi connectivity index (χ1v) is 11.1. The topological polar surface area (TPSA) is 69.4 Å². The minimum atomic E-state index is -3.34. The van der Waals surface area contributed by atoms with Crippen LogP contribution in [-0.4, -0.2) is 19.7 Å². The predicted molar refractivity (Wildman–Crippen MR) is 111 cm³/mol. The van der Waals surface area contributed by atoms with Gasteiger partial charge in [0.1, 0.15) is 23.1 Å². The van der Waals surface area contributed by atoms with Crippen LogP contribution in [0.15, 0.2) is 82.1 Å². The Bertz CT molecular complexity index is 1310. The molecule has 1 aromatic heterocycles. The minimum absolute atomic E-state index is 0.0565. The summed E-state index contributed by atoms with van der Waals surface area (Å²) in [4.78, 5) is 4.64. The number of ether oxygens (including phenoxy) is 1. The number of nitrogens with zero attached hydrogens (tertiary/aromatic N) is 1. The Kier molecular flexibility index (Phi) is 5.56. The molecule has 1 heterocycles. The summed E-state index contributed by atoms with van der Waals surface area (Å²) < 4.78 is 61.7. The molecule has 0 aliphatic heterocycles. The Morgan fingerprint density at radius 2 is 1.58 bits per heavy atom. The maximum Gasteiger partial charge on any atom is 0.233 e. The van der Waals surface area contributed by atoms with E-state index in [0.29, 0.717) is 28.3 Å². The van der Waals surface area contributed by atoms with Gasteiger partial charge in [-0.2, -0.15) is 0 Å². The summed E-state index contributed by atoms with van der Waals surface area (Å²) in [7, 11) is -3.34. The van der Waals surface area contributed by atoms with E-state index in [2.05, 4.69) is 4.98 Å². The van der Waals surface area contributed by atoms with Gasteiger partial charge in [-0.05, 0) is 60.7 Å². The van der Waals surface area contributed by atoms with Crippen LogP contribution in [0, 0.1) is 11.6 Å². The fraction of sp³-hybridized carbons (Fsp3) is 0.0870. The van der Waals surface area contributed by atoms with E-state index < -0.39 is 15.7 Å². The number of rotatable bonds is 6. The van der Waals surface area contributed by atoms with Crippen LogP contribution in [0.5, 0.6) is 5.75 Å². The van der Waals surface area contributed by atoms with Gasteiger partial charge in [-0.25, -0.2) is 22.2 Å². The lowest BCUT2D eigenvalue weighted by atomic mass is 10.1. The van der Waals surface area contributed by atoms with Crippen LogP contribution in [0.2, 0.25) is 0 Å². The summed E-state index contributed by atoms with van der Waals surface area (Å²) >= 11 is 0. The summed E-state index contributed by atoms with van der Waals surface area (Å²) in [6.07, 6.45) is 1.13. The molecule has 0 bridgehead atoms. The molecule has 31 heavy (non-hydrogen) atoms. The molecule has 0 saturated carbocycles. The van der Waals surface area contributed by atoms with Crippen molar-refractivity contribution in [2.75, 3.05) is 6.26 Å². The quantitative estimate of drug-likeness (QED) is 0.408. The van der Waals surface area contributed by atoms with E-state index in [1.54, 1.807) is 30.3 Å². The van der Waals surface area contributed by atoms with Crippen molar-refractivity contribution in [2.24, 2.45) is 0 Å². The zero-order valence-corrected chi connectivity index (χ0v) is 17.2. The Balaban J connectivity index is 1.71. The number of halogens is 2. The largest absolute Gasteiger partial charge is 0.484 e. The highest BCUT2D eigenvalue weighted by atomic mass is 32.2. The SMILES string of the molecule is CS(=O)(=O)c1ccc(-c2oc(COc3cccc(F)c3)nc2-c2ccc(F)cc2)cc1.